The van der Waals surface area contributed by atoms with E-state index in [1.54, 1.807) is 12.4 Å². The van der Waals surface area contributed by atoms with Crippen LogP contribution in [0.25, 0.3) is 0 Å². The van der Waals surface area contributed by atoms with E-state index in [9.17, 15) is 4.79 Å². The largest absolute Gasteiger partial charge is 0.350 e. The Bertz CT molecular complexity index is 589. The number of carbonyl (C=O) groups is 1. The summed E-state index contributed by atoms with van der Waals surface area (Å²) in [4.78, 5) is 11.9. The van der Waals surface area contributed by atoms with E-state index in [-0.39, 0.29) is 5.91 Å². The maximum Gasteiger partial charge on any atom is 0.222 e. The van der Waals surface area contributed by atoms with Gasteiger partial charge in [-0.25, -0.2) is 0 Å². The Morgan fingerprint density at radius 2 is 2.20 bits per heavy atom. The second kappa shape index (κ2) is 6.69. The lowest BCUT2D eigenvalue weighted by Gasteiger charge is -2.08. The molecular weight excluding hydrogens is 322 g/mol. The van der Waals surface area contributed by atoms with Gasteiger partial charge in [0, 0.05) is 31.4 Å². The van der Waals surface area contributed by atoms with Gasteiger partial charge in [-0.05, 0) is 35.8 Å². The molecule has 0 unspecified atom stereocenters. The van der Waals surface area contributed by atoms with Crippen LogP contribution in [0.2, 0.25) is 0 Å². The number of carbonyl (C=O) groups excluding carboxylic acids is 1. The van der Waals surface area contributed by atoms with Gasteiger partial charge in [0.1, 0.15) is 0 Å². The number of hydrogen-bond donors (Lipinski definition) is 1. The van der Waals surface area contributed by atoms with Gasteiger partial charge in [0.05, 0.1) is 22.9 Å². The van der Waals surface area contributed by atoms with Gasteiger partial charge in [-0.3, -0.25) is 14.2 Å². The van der Waals surface area contributed by atoms with E-state index in [1.807, 2.05) is 29.3 Å². The van der Waals surface area contributed by atoms with Crippen LogP contribution in [0.1, 0.15) is 24.7 Å². The molecule has 0 aliphatic carbocycles. The van der Waals surface area contributed by atoms with E-state index < -0.39 is 0 Å². The predicted octanol–water partition coefficient (Wildman–Crippen LogP) is 1.88. The van der Waals surface area contributed by atoms with Gasteiger partial charge in [-0.1, -0.05) is 0 Å². The third-order valence-corrected chi connectivity index (χ3v) is 3.79. The Morgan fingerprint density at radius 3 is 2.85 bits per heavy atom. The van der Waals surface area contributed by atoms with E-state index in [0.29, 0.717) is 19.5 Å². The first-order valence-electron chi connectivity index (χ1n) is 6.57. The minimum atomic E-state index is 0.00986. The summed E-state index contributed by atoms with van der Waals surface area (Å²) in [5.41, 5.74) is 2.04. The Morgan fingerprint density at radius 1 is 1.40 bits per heavy atom. The van der Waals surface area contributed by atoms with Crippen molar-refractivity contribution in [3.8, 4) is 0 Å². The van der Waals surface area contributed by atoms with Crippen molar-refractivity contribution >= 4 is 21.8 Å². The second-order valence-corrected chi connectivity index (χ2v) is 5.33. The van der Waals surface area contributed by atoms with Gasteiger partial charge >= 0.3 is 0 Å². The van der Waals surface area contributed by atoms with E-state index >= 15 is 0 Å². The van der Waals surface area contributed by atoms with E-state index in [4.69, 9.17) is 0 Å². The average Bonchev–Trinajstić information content (AvgIpc) is 3.00. The van der Waals surface area contributed by atoms with Crippen molar-refractivity contribution in [2.24, 2.45) is 0 Å². The Balaban J connectivity index is 1.83. The normalized spacial score (nSPS) is 10.8. The van der Waals surface area contributed by atoms with Gasteiger partial charge in [-0.2, -0.15) is 10.2 Å². The number of aromatic nitrogens is 4. The molecule has 6 nitrogen and oxygen atoms in total. The lowest BCUT2D eigenvalue weighted by atomic mass is 10.3. The zero-order chi connectivity index (χ0) is 14.5. The van der Waals surface area contributed by atoms with E-state index in [1.165, 1.54) is 0 Å². The van der Waals surface area contributed by atoms with Gasteiger partial charge in [0.15, 0.2) is 0 Å². The van der Waals surface area contributed by atoms with Crippen molar-refractivity contribution in [2.75, 3.05) is 0 Å². The molecule has 0 atom stereocenters. The zero-order valence-electron chi connectivity index (χ0n) is 11.6. The highest BCUT2D eigenvalue weighted by molar-refractivity contribution is 9.10. The first kappa shape index (κ1) is 14.8. The van der Waals surface area contributed by atoms with Crippen molar-refractivity contribution in [1.29, 1.82) is 0 Å². The van der Waals surface area contributed by atoms with Crippen LogP contribution in [0.3, 0.4) is 0 Å². The maximum absolute atomic E-state index is 11.9. The molecule has 0 radical (unpaired) electrons. The van der Waals surface area contributed by atoms with Crippen molar-refractivity contribution < 1.29 is 4.79 Å². The molecule has 0 fully saturated rings. The first-order chi connectivity index (χ1) is 9.61. The van der Waals surface area contributed by atoms with Crippen LogP contribution in [0.15, 0.2) is 22.9 Å². The smallest absolute Gasteiger partial charge is 0.222 e. The molecule has 7 heteroatoms. The van der Waals surface area contributed by atoms with Crippen LogP contribution in [-0.4, -0.2) is 25.5 Å². The summed E-state index contributed by atoms with van der Waals surface area (Å²) in [7, 11) is 0. The molecule has 20 heavy (non-hydrogen) atoms. The lowest BCUT2D eigenvalue weighted by molar-refractivity contribution is -0.121. The van der Waals surface area contributed by atoms with Gasteiger partial charge in [0.25, 0.3) is 0 Å². The molecule has 0 aliphatic rings. The van der Waals surface area contributed by atoms with Gasteiger partial charge in [0.2, 0.25) is 5.91 Å². The Hall–Kier alpha value is -1.63. The summed E-state index contributed by atoms with van der Waals surface area (Å²) in [5.74, 6) is 0.00986. The summed E-state index contributed by atoms with van der Waals surface area (Å²) in [5, 5.41) is 11.3. The molecule has 0 saturated carbocycles. The lowest BCUT2D eigenvalue weighted by Crippen LogP contribution is -2.25. The first-order valence-corrected chi connectivity index (χ1v) is 7.36. The number of hydrogen-bond acceptors (Lipinski definition) is 3. The SMILES string of the molecule is CCn1ncc(Br)c1CNC(=O)CCn1nccc1C. The standard InChI is InChI=1S/C13H18BrN5O/c1-3-18-12(11(14)8-17-18)9-15-13(20)5-7-19-10(2)4-6-16-19/h4,6,8H,3,5,7,9H2,1-2H3,(H,15,20). The van der Waals surface area contributed by atoms with Crippen LogP contribution in [0.4, 0.5) is 0 Å². The number of amides is 1. The Labute approximate surface area is 126 Å². The fraction of sp³-hybridized carbons (Fsp3) is 0.462. The highest BCUT2D eigenvalue weighted by atomic mass is 79.9. The summed E-state index contributed by atoms with van der Waals surface area (Å²) in [6.45, 7) is 5.85. The fourth-order valence-electron chi connectivity index (χ4n) is 1.95. The van der Waals surface area contributed by atoms with Gasteiger partial charge in [-0.15, -0.1) is 0 Å². The second-order valence-electron chi connectivity index (χ2n) is 4.48. The molecule has 0 bridgehead atoms. The van der Waals surface area contributed by atoms with Crippen LogP contribution in [-0.2, 0) is 24.4 Å². The number of rotatable bonds is 6. The highest BCUT2D eigenvalue weighted by Gasteiger charge is 2.09. The minimum absolute atomic E-state index is 0.00986. The number of nitrogens with one attached hydrogen (secondary N) is 1. The molecular formula is C13H18BrN5O. The molecule has 0 saturated heterocycles. The number of halogens is 1. The topological polar surface area (TPSA) is 64.7 Å². The van der Waals surface area contributed by atoms with Gasteiger partial charge < -0.3 is 5.32 Å². The monoisotopic (exact) mass is 339 g/mol. The van der Waals surface area contributed by atoms with Crippen molar-refractivity contribution in [2.45, 2.75) is 39.9 Å². The number of aryl methyl sites for hydroxylation is 3. The minimum Gasteiger partial charge on any atom is -0.350 e. The molecule has 2 heterocycles. The number of nitrogens with zero attached hydrogens (tertiary/aromatic N) is 4. The third-order valence-electron chi connectivity index (χ3n) is 3.13. The molecule has 0 aromatic carbocycles. The van der Waals surface area contributed by atoms with Crippen LogP contribution < -0.4 is 5.32 Å². The van der Waals surface area contributed by atoms with E-state index in [0.717, 1.165) is 22.4 Å². The quantitative estimate of drug-likeness (QED) is 0.873. The molecule has 2 aromatic rings. The fourth-order valence-corrected chi connectivity index (χ4v) is 2.38. The summed E-state index contributed by atoms with van der Waals surface area (Å²) in [6, 6.07) is 1.93. The van der Waals surface area contributed by atoms with Crippen molar-refractivity contribution in [1.82, 2.24) is 24.9 Å². The van der Waals surface area contributed by atoms with Crippen LogP contribution in [0, 0.1) is 6.92 Å². The Kier molecular flexibility index (Phi) is 4.94. The average molecular weight is 340 g/mol. The molecule has 2 rings (SSSR count). The molecule has 1 N–H and O–H groups in total. The highest BCUT2D eigenvalue weighted by Crippen LogP contribution is 2.15. The van der Waals surface area contributed by atoms with Crippen LogP contribution >= 0.6 is 15.9 Å². The maximum atomic E-state index is 11.9. The molecule has 1 amide bonds. The summed E-state index contributed by atoms with van der Waals surface area (Å²) < 4.78 is 4.61. The molecule has 2 aromatic heterocycles. The van der Waals surface area contributed by atoms with Crippen LogP contribution in [0.5, 0.6) is 0 Å². The van der Waals surface area contributed by atoms with E-state index in [2.05, 4.69) is 31.4 Å². The summed E-state index contributed by atoms with van der Waals surface area (Å²) >= 11 is 3.44. The molecule has 0 aliphatic heterocycles. The molecule has 108 valence electrons. The van der Waals surface area contributed by atoms with Crippen molar-refractivity contribution in [3.05, 3.63) is 34.3 Å². The predicted molar refractivity (Wildman–Crippen MR) is 79.0 cm³/mol. The van der Waals surface area contributed by atoms with Crippen molar-refractivity contribution in [3.63, 3.8) is 0 Å². The third kappa shape index (κ3) is 3.47. The molecule has 0 spiro atoms. The summed E-state index contributed by atoms with van der Waals surface area (Å²) in [6.07, 6.45) is 3.91. The zero-order valence-corrected chi connectivity index (χ0v) is 13.2.